The molecule has 3 aliphatic heterocycles. The van der Waals surface area contributed by atoms with Gasteiger partial charge in [0.25, 0.3) is 5.69 Å². The molecule has 32 heavy (non-hydrogen) atoms. The third-order valence-electron chi connectivity index (χ3n) is 7.53. The Morgan fingerprint density at radius 2 is 1.59 bits per heavy atom. The van der Waals surface area contributed by atoms with E-state index in [4.69, 9.17) is 0 Å². The Labute approximate surface area is 191 Å². The second kappa shape index (κ2) is 9.65. The number of nitrogens with zero attached hydrogens (tertiary/aromatic N) is 4. The van der Waals surface area contributed by atoms with E-state index < -0.39 is 14.9 Å². The summed E-state index contributed by atoms with van der Waals surface area (Å²) < 4.78 is 27.9. The average molecular weight is 465 g/mol. The molecule has 0 amide bonds. The van der Waals surface area contributed by atoms with Crippen molar-refractivity contribution < 1.29 is 13.3 Å². The Morgan fingerprint density at radius 1 is 0.938 bits per heavy atom. The quantitative estimate of drug-likeness (QED) is 0.483. The number of hydrogen-bond donors (Lipinski definition) is 0. The van der Waals surface area contributed by atoms with Crippen LogP contribution in [0.4, 0.5) is 11.4 Å². The zero-order chi connectivity index (χ0) is 22.9. The van der Waals surface area contributed by atoms with Crippen molar-refractivity contribution in [2.45, 2.75) is 88.2 Å². The molecule has 0 N–H and O–H groups in total. The van der Waals surface area contributed by atoms with Gasteiger partial charge in [0, 0.05) is 50.4 Å². The van der Waals surface area contributed by atoms with Gasteiger partial charge in [-0.2, -0.15) is 4.31 Å². The van der Waals surface area contributed by atoms with Crippen LogP contribution in [0.15, 0.2) is 23.1 Å². The summed E-state index contributed by atoms with van der Waals surface area (Å²) in [5, 5.41) is 12.0. The molecule has 8 nitrogen and oxygen atoms in total. The number of piperidine rings is 1. The molecule has 3 fully saturated rings. The predicted molar refractivity (Wildman–Crippen MR) is 126 cm³/mol. The highest BCUT2D eigenvalue weighted by atomic mass is 32.2. The van der Waals surface area contributed by atoms with Crippen LogP contribution in [-0.4, -0.2) is 66.9 Å². The lowest BCUT2D eigenvalue weighted by atomic mass is 10.0. The van der Waals surface area contributed by atoms with E-state index in [-0.39, 0.29) is 10.6 Å². The molecule has 3 heterocycles. The minimum Gasteiger partial charge on any atom is -0.364 e. The molecule has 0 aromatic heterocycles. The van der Waals surface area contributed by atoms with Gasteiger partial charge in [-0.15, -0.1) is 0 Å². The SMILES string of the molecule is CC1CCC(C)N1C1CCCN(c2ccc(S(=O)(=O)N3CCCCCC3)cc2[N+](=O)[O-])C1. The first kappa shape index (κ1) is 23.4. The van der Waals surface area contributed by atoms with Gasteiger partial charge in [-0.05, 0) is 64.5 Å². The van der Waals surface area contributed by atoms with Crippen LogP contribution >= 0.6 is 0 Å². The summed E-state index contributed by atoms with van der Waals surface area (Å²) in [6.45, 7) is 7.01. The van der Waals surface area contributed by atoms with Gasteiger partial charge in [0.15, 0.2) is 0 Å². The Balaban J connectivity index is 1.60. The molecule has 3 unspecified atom stereocenters. The lowest BCUT2D eigenvalue weighted by Crippen LogP contribution is -2.51. The molecule has 1 aromatic rings. The number of likely N-dealkylation sites (tertiary alicyclic amines) is 1. The highest BCUT2D eigenvalue weighted by Crippen LogP contribution is 2.36. The summed E-state index contributed by atoms with van der Waals surface area (Å²) >= 11 is 0. The fourth-order valence-corrected chi connectivity index (χ4v) is 7.40. The number of benzene rings is 1. The topological polar surface area (TPSA) is 87.0 Å². The first-order valence-corrected chi connectivity index (χ1v) is 13.5. The van der Waals surface area contributed by atoms with E-state index in [9.17, 15) is 18.5 Å². The van der Waals surface area contributed by atoms with E-state index in [1.165, 1.54) is 23.2 Å². The zero-order valence-corrected chi connectivity index (χ0v) is 20.1. The van der Waals surface area contributed by atoms with Gasteiger partial charge in [0.1, 0.15) is 5.69 Å². The number of hydrogen-bond acceptors (Lipinski definition) is 6. The van der Waals surface area contributed by atoms with Crippen molar-refractivity contribution in [1.29, 1.82) is 0 Å². The molecule has 178 valence electrons. The smallest absolute Gasteiger partial charge is 0.293 e. The standard InChI is InChI=1S/C23H36N4O4S/c1-18-9-10-19(2)26(18)20-8-7-13-24(17-20)22-12-11-21(16-23(22)27(28)29)32(30,31)25-14-5-3-4-6-15-25/h11-12,16,18-20H,3-10,13-15,17H2,1-2H3. The predicted octanol–water partition coefficient (Wildman–Crippen LogP) is 4.00. The van der Waals surface area contributed by atoms with Crippen molar-refractivity contribution in [1.82, 2.24) is 9.21 Å². The molecule has 0 bridgehead atoms. The molecule has 3 saturated heterocycles. The molecule has 0 aliphatic carbocycles. The number of anilines is 1. The summed E-state index contributed by atoms with van der Waals surface area (Å²) in [6.07, 6.45) is 8.18. The zero-order valence-electron chi connectivity index (χ0n) is 19.3. The molecular formula is C23H36N4O4S. The van der Waals surface area contributed by atoms with Crippen molar-refractivity contribution >= 4 is 21.4 Å². The second-order valence-corrected chi connectivity index (χ2v) is 11.6. The van der Waals surface area contributed by atoms with Gasteiger partial charge in [-0.3, -0.25) is 15.0 Å². The fourth-order valence-electron chi connectivity index (χ4n) is 5.86. The monoisotopic (exact) mass is 464 g/mol. The van der Waals surface area contributed by atoms with Gasteiger partial charge in [-0.1, -0.05) is 12.8 Å². The summed E-state index contributed by atoms with van der Waals surface area (Å²) in [7, 11) is -3.73. The summed E-state index contributed by atoms with van der Waals surface area (Å²) in [5.74, 6) is 0. The summed E-state index contributed by atoms with van der Waals surface area (Å²) in [6, 6.07) is 5.93. The molecule has 3 aliphatic rings. The lowest BCUT2D eigenvalue weighted by molar-refractivity contribution is -0.384. The molecule has 4 rings (SSSR count). The Morgan fingerprint density at radius 3 is 2.22 bits per heavy atom. The average Bonchev–Trinajstić information content (AvgIpc) is 2.97. The number of sulfonamides is 1. The van der Waals surface area contributed by atoms with Gasteiger partial charge in [0.2, 0.25) is 10.0 Å². The molecule has 3 atom stereocenters. The summed E-state index contributed by atoms with van der Waals surface area (Å²) in [4.78, 5) is 16.2. The van der Waals surface area contributed by atoms with Crippen LogP contribution in [-0.2, 0) is 10.0 Å². The van der Waals surface area contributed by atoms with Crippen LogP contribution in [0.3, 0.4) is 0 Å². The Bertz CT molecular complexity index is 920. The normalized spacial score (nSPS) is 28.6. The van der Waals surface area contributed by atoms with Crippen molar-refractivity contribution in [2.75, 3.05) is 31.1 Å². The van der Waals surface area contributed by atoms with Gasteiger partial charge < -0.3 is 4.90 Å². The first-order valence-electron chi connectivity index (χ1n) is 12.1. The van der Waals surface area contributed by atoms with Gasteiger partial charge in [-0.25, -0.2) is 8.42 Å². The Hall–Kier alpha value is -1.71. The maximum absolute atomic E-state index is 13.2. The number of nitro benzene ring substituents is 1. The van der Waals surface area contributed by atoms with E-state index in [0.717, 1.165) is 51.6 Å². The van der Waals surface area contributed by atoms with E-state index >= 15 is 0 Å². The third kappa shape index (κ3) is 4.65. The van der Waals surface area contributed by atoms with Gasteiger partial charge in [0.05, 0.1) is 9.82 Å². The van der Waals surface area contributed by atoms with Crippen LogP contribution in [0.1, 0.15) is 65.2 Å². The van der Waals surface area contributed by atoms with Gasteiger partial charge >= 0.3 is 0 Å². The molecular weight excluding hydrogens is 428 g/mol. The third-order valence-corrected chi connectivity index (χ3v) is 9.42. The molecule has 0 spiro atoms. The van der Waals surface area contributed by atoms with Crippen LogP contribution in [0, 0.1) is 10.1 Å². The summed E-state index contributed by atoms with van der Waals surface area (Å²) in [5.41, 5.74) is 0.429. The minimum atomic E-state index is -3.73. The highest BCUT2D eigenvalue weighted by Gasteiger charge is 2.37. The van der Waals surface area contributed by atoms with Crippen molar-refractivity contribution in [3.63, 3.8) is 0 Å². The van der Waals surface area contributed by atoms with Crippen molar-refractivity contribution in [3.8, 4) is 0 Å². The maximum atomic E-state index is 13.2. The first-order chi connectivity index (χ1) is 15.3. The van der Waals surface area contributed by atoms with E-state index in [2.05, 4.69) is 23.6 Å². The minimum absolute atomic E-state index is 0.0326. The van der Waals surface area contributed by atoms with E-state index in [1.807, 2.05) is 0 Å². The van der Waals surface area contributed by atoms with Crippen molar-refractivity contribution in [2.24, 2.45) is 0 Å². The molecule has 9 heteroatoms. The fraction of sp³-hybridized carbons (Fsp3) is 0.739. The van der Waals surface area contributed by atoms with Crippen LogP contribution in [0.5, 0.6) is 0 Å². The number of rotatable bonds is 5. The van der Waals surface area contributed by atoms with Crippen LogP contribution < -0.4 is 4.90 Å². The molecule has 1 aromatic carbocycles. The molecule has 0 saturated carbocycles. The number of nitro groups is 1. The maximum Gasteiger partial charge on any atom is 0.293 e. The van der Waals surface area contributed by atoms with Crippen LogP contribution in [0.2, 0.25) is 0 Å². The van der Waals surface area contributed by atoms with Crippen LogP contribution in [0.25, 0.3) is 0 Å². The second-order valence-electron chi connectivity index (χ2n) is 9.69. The van der Waals surface area contributed by atoms with E-state index in [1.54, 1.807) is 12.1 Å². The largest absolute Gasteiger partial charge is 0.364 e. The Kier molecular flexibility index (Phi) is 7.07. The lowest BCUT2D eigenvalue weighted by Gasteiger charge is -2.42. The van der Waals surface area contributed by atoms with E-state index in [0.29, 0.717) is 36.9 Å². The highest BCUT2D eigenvalue weighted by molar-refractivity contribution is 7.89. The molecule has 0 radical (unpaired) electrons. The van der Waals surface area contributed by atoms with Crippen molar-refractivity contribution in [3.05, 3.63) is 28.3 Å².